The molecule has 6 rings (SSSR count). The van der Waals surface area contributed by atoms with Crippen LogP contribution < -0.4 is 9.64 Å². The summed E-state index contributed by atoms with van der Waals surface area (Å²) < 4.78 is 8.24. The molecule has 2 aliphatic carbocycles. The molecule has 2 heterocycles. The molecule has 0 spiro atoms. The second kappa shape index (κ2) is 11.5. The number of nitrogens with zero attached hydrogens (tertiary/aromatic N) is 3. The van der Waals surface area contributed by atoms with Crippen molar-refractivity contribution in [3.05, 3.63) is 98.6 Å². The van der Waals surface area contributed by atoms with Gasteiger partial charge in [-0.15, -0.1) is 0 Å². The van der Waals surface area contributed by atoms with Gasteiger partial charge in [0.05, 0.1) is 5.69 Å². The number of hydrogen-bond acceptors (Lipinski definition) is 6. The minimum atomic E-state index is -0.455. The molecule has 0 amide bonds. The Labute approximate surface area is 273 Å². The monoisotopic (exact) mass is 669 g/mol. The van der Waals surface area contributed by atoms with Crippen LogP contribution in [0.5, 0.6) is 5.75 Å². The molecule has 0 atom stereocenters. The van der Waals surface area contributed by atoms with Gasteiger partial charge in [-0.05, 0) is 85.0 Å². The van der Waals surface area contributed by atoms with Crippen LogP contribution in [-0.2, 0) is 16.0 Å². The standard InChI is InChI=1S/C37H40BrN3O4/c1-7-25-16-22(2)41(39-25)32(44)21-45-27-14-8-23(9-15-27)33-34-28(17-36(3,4)19-30(34)42)40(26-12-10-24(38)11-13-26)29-18-37(5,6)20-31(43)35(29)33/h8-16,33H,7,17-21H2,1-6H3. The number of Topliss-reactive ketones (excluding diaryl/α,β-unsaturated/α-hetero) is 2. The van der Waals surface area contributed by atoms with E-state index in [4.69, 9.17) is 4.74 Å². The Hall–Kier alpha value is -3.78. The Morgan fingerprint density at radius 1 is 0.889 bits per heavy atom. The molecule has 45 heavy (non-hydrogen) atoms. The maximum atomic E-state index is 14.1. The van der Waals surface area contributed by atoms with Gasteiger partial charge in [0.2, 0.25) is 0 Å². The SMILES string of the molecule is CCc1cc(C)n(C(=O)COc2ccc(C3C4=C(CC(C)(C)CC4=O)N(c4ccc(Br)cc4)C4=C3C(=O)CC(C)(C)C4)cc2)n1. The smallest absolute Gasteiger partial charge is 0.284 e. The predicted octanol–water partition coefficient (Wildman–Crippen LogP) is 8.13. The van der Waals surface area contributed by atoms with E-state index < -0.39 is 5.92 Å². The van der Waals surface area contributed by atoms with Gasteiger partial charge in [-0.3, -0.25) is 14.4 Å². The maximum absolute atomic E-state index is 14.1. The summed E-state index contributed by atoms with van der Waals surface area (Å²) in [5, 5.41) is 4.37. The lowest BCUT2D eigenvalue weighted by molar-refractivity contribution is -0.119. The Morgan fingerprint density at radius 3 is 1.96 bits per heavy atom. The highest BCUT2D eigenvalue weighted by Gasteiger charge is 2.49. The molecule has 0 bridgehead atoms. The van der Waals surface area contributed by atoms with Gasteiger partial charge >= 0.3 is 0 Å². The van der Waals surface area contributed by atoms with E-state index in [9.17, 15) is 14.4 Å². The summed E-state index contributed by atoms with van der Waals surface area (Å²) in [6, 6.07) is 17.5. The van der Waals surface area contributed by atoms with Crippen molar-refractivity contribution in [2.75, 3.05) is 11.5 Å². The summed E-state index contributed by atoms with van der Waals surface area (Å²) in [5.41, 5.74) is 6.45. The highest BCUT2D eigenvalue weighted by molar-refractivity contribution is 9.10. The number of carbonyl (C=O) groups excluding carboxylic acids is 3. The molecule has 0 saturated heterocycles. The molecule has 3 aliphatic rings. The van der Waals surface area contributed by atoms with E-state index in [0.717, 1.165) is 57.8 Å². The van der Waals surface area contributed by atoms with Crippen LogP contribution in [-0.4, -0.2) is 33.9 Å². The second-order valence-electron chi connectivity index (χ2n) is 14.1. The Morgan fingerprint density at radius 2 is 1.44 bits per heavy atom. The van der Waals surface area contributed by atoms with Crippen LogP contribution in [0.1, 0.15) is 88.0 Å². The molecule has 2 aromatic carbocycles. The molecule has 234 valence electrons. The quantitative estimate of drug-likeness (QED) is 0.264. The van der Waals surface area contributed by atoms with E-state index in [1.807, 2.05) is 56.3 Å². The van der Waals surface area contributed by atoms with Gasteiger partial charge in [-0.25, -0.2) is 4.68 Å². The predicted molar refractivity (Wildman–Crippen MR) is 178 cm³/mol. The molecular weight excluding hydrogens is 630 g/mol. The topological polar surface area (TPSA) is 81.5 Å². The summed E-state index contributed by atoms with van der Waals surface area (Å²) in [6.45, 7) is 12.3. The molecule has 1 aromatic heterocycles. The summed E-state index contributed by atoms with van der Waals surface area (Å²) in [6.07, 6.45) is 3.05. The fourth-order valence-corrected chi connectivity index (χ4v) is 7.39. The van der Waals surface area contributed by atoms with E-state index in [0.29, 0.717) is 29.7 Å². The number of carbonyl (C=O) groups is 3. The van der Waals surface area contributed by atoms with Gasteiger partial charge in [-0.2, -0.15) is 5.10 Å². The van der Waals surface area contributed by atoms with Crippen molar-refractivity contribution in [2.45, 2.75) is 79.6 Å². The van der Waals surface area contributed by atoms with E-state index in [1.165, 1.54) is 4.68 Å². The minimum absolute atomic E-state index is 0.0875. The summed E-state index contributed by atoms with van der Waals surface area (Å²) in [4.78, 5) is 43.2. The van der Waals surface area contributed by atoms with Gasteiger partial charge in [0.15, 0.2) is 18.2 Å². The van der Waals surface area contributed by atoms with Crippen molar-refractivity contribution in [1.82, 2.24) is 9.78 Å². The average molecular weight is 671 g/mol. The summed E-state index contributed by atoms with van der Waals surface area (Å²) >= 11 is 3.56. The number of aryl methyl sites for hydroxylation is 2. The van der Waals surface area contributed by atoms with Crippen molar-refractivity contribution in [3.63, 3.8) is 0 Å². The van der Waals surface area contributed by atoms with E-state index in [-0.39, 0.29) is 34.9 Å². The molecule has 7 nitrogen and oxygen atoms in total. The third-order valence-electron chi connectivity index (χ3n) is 9.11. The first-order valence-electron chi connectivity index (χ1n) is 15.7. The number of benzene rings is 2. The fourth-order valence-electron chi connectivity index (χ4n) is 7.13. The lowest BCUT2D eigenvalue weighted by Crippen LogP contribution is -2.44. The molecule has 1 aliphatic heterocycles. The van der Waals surface area contributed by atoms with E-state index in [1.54, 1.807) is 0 Å². The van der Waals surface area contributed by atoms with Crippen LogP contribution >= 0.6 is 15.9 Å². The minimum Gasteiger partial charge on any atom is -0.484 e. The van der Waals surface area contributed by atoms with Crippen LogP contribution in [0.3, 0.4) is 0 Å². The normalized spacial score (nSPS) is 19.5. The molecule has 0 saturated carbocycles. The van der Waals surface area contributed by atoms with Gasteiger partial charge in [-0.1, -0.05) is 62.7 Å². The zero-order chi connectivity index (χ0) is 32.3. The van der Waals surface area contributed by atoms with Crippen molar-refractivity contribution in [1.29, 1.82) is 0 Å². The zero-order valence-corrected chi connectivity index (χ0v) is 28.5. The van der Waals surface area contributed by atoms with Crippen molar-refractivity contribution in [2.24, 2.45) is 10.8 Å². The average Bonchev–Trinajstić information content (AvgIpc) is 3.35. The lowest BCUT2D eigenvalue weighted by atomic mass is 9.63. The van der Waals surface area contributed by atoms with Gasteiger partial charge < -0.3 is 9.64 Å². The molecule has 3 aromatic rings. The van der Waals surface area contributed by atoms with E-state index >= 15 is 0 Å². The number of allylic oxidation sites excluding steroid dienone is 4. The Balaban J connectivity index is 1.40. The molecule has 0 N–H and O–H groups in total. The van der Waals surface area contributed by atoms with Gasteiger partial charge in [0, 0.05) is 57.2 Å². The number of ketones is 2. The van der Waals surface area contributed by atoms with E-state index in [2.05, 4.69) is 65.8 Å². The molecular formula is C37H40BrN3O4. The number of halogens is 1. The Bertz CT molecular complexity index is 1710. The zero-order valence-electron chi connectivity index (χ0n) is 26.9. The van der Waals surface area contributed by atoms with Crippen LogP contribution in [0.15, 0.2) is 81.6 Å². The van der Waals surface area contributed by atoms with Crippen LogP contribution in [0.2, 0.25) is 0 Å². The molecule has 0 unspecified atom stereocenters. The lowest BCUT2D eigenvalue weighted by Gasteiger charge is -2.49. The van der Waals surface area contributed by atoms with Crippen molar-refractivity contribution < 1.29 is 19.1 Å². The third kappa shape index (κ3) is 5.97. The number of aromatic nitrogens is 2. The highest BCUT2D eigenvalue weighted by Crippen LogP contribution is 2.55. The van der Waals surface area contributed by atoms with Crippen molar-refractivity contribution in [3.8, 4) is 5.75 Å². The van der Waals surface area contributed by atoms with Crippen LogP contribution in [0, 0.1) is 17.8 Å². The maximum Gasteiger partial charge on any atom is 0.284 e. The van der Waals surface area contributed by atoms with Crippen molar-refractivity contribution >= 4 is 39.1 Å². The first-order chi connectivity index (χ1) is 21.3. The number of ether oxygens (including phenoxy) is 1. The number of rotatable bonds is 6. The number of hydrogen-bond donors (Lipinski definition) is 0. The first-order valence-corrected chi connectivity index (χ1v) is 16.5. The highest BCUT2D eigenvalue weighted by atomic mass is 79.9. The Kier molecular flexibility index (Phi) is 8.00. The largest absolute Gasteiger partial charge is 0.484 e. The van der Waals surface area contributed by atoms with Crippen LogP contribution in [0.4, 0.5) is 5.69 Å². The first kappa shape index (κ1) is 31.2. The summed E-state index contributed by atoms with van der Waals surface area (Å²) in [7, 11) is 0. The molecule has 8 heteroatoms. The second-order valence-corrected chi connectivity index (χ2v) is 15.1. The molecule has 0 radical (unpaired) electrons. The number of anilines is 1. The van der Waals surface area contributed by atoms with Gasteiger partial charge in [0.25, 0.3) is 5.91 Å². The summed E-state index contributed by atoms with van der Waals surface area (Å²) in [5.74, 6) is 0.0142. The molecule has 0 fully saturated rings. The fraction of sp³-hybridized carbons (Fsp3) is 0.405. The van der Waals surface area contributed by atoms with Gasteiger partial charge in [0.1, 0.15) is 5.75 Å². The van der Waals surface area contributed by atoms with Crippen LogP contribution in [0.25, 0.3) is 0 Å². The third-order valence-corrected chi connectivity index (χ3v) is 9.64.